The number of fused-ring (bicyclic) bond motifs is 4. The van der Waals surface area contributed by atoms with Gasteiger partial charge in [0.1, 0.15) is 12.8 Å². The third kappa shape index (κ3) is 21.8. The molecule has 0 aromatic carbocycles. The van der Waals surface area contributed by atoms with Crippen LogP contribution in [0.4, 0.5) is 13.2 Å². The Morgan fingerprint density at radius 3 is 1.12 bits per heavy atom. The third-order valence-electron chi connectivity index (χ3n) is 37.1. The van der Waals surface area contributed by atoms with Gasteiger partial charge in [0, 0.05) is 46.7 Å². The van der Waals surface area contributed by atoms with E-state index >= 15 is 0 Å². The van der Waals surface area contributed by atoms with Gasteiger partial charge in [-0.05, 0) is 360 Å². The van der Waals surface area contributed by atoms with E-state index in [0.717, 1.165) is 99.7 Å². The number of hydrogen-bond acceptors (Lipinski definition) is 24. The van der Waals surface area contributed by atoms with E-state index in [-0.39, 0.29) is 82.1 Å². The molecule has 20 fully saturated rings. The highest BCUT2D eigenvalue weighted by Crippen LogP contribution is 2.71. The Bertz CT molecular complexity index is 4260. The molecule has 0 N–H and O–H groups in total. The van der Waals surface area contributed by atoms with Crippen molar-refractivity contribution in [2.45, 2.75) is 390 Å². The van der Waals surface area contributed by atoms with Crippen molar-refractivity contribution in [3.63, 3.8) is 0 Å². The van der Waals surface area contributed by atoms with Gasteiger partial charge in [0.05, 0.1) is 69.7 Å². The molecule has 11 unspecified atom stereocenters. The van der Waals surface area contributed by atoms with E-state index in [1.807, 2.05) is 83.1 Å². The van der Waals surface area contributed by atoms with Crippen LogP contribution < -0.4 is 0 Å². The fourth-order valence-electron chi connectivity index (χ4n) is 27.4. The average Bonchev–Trinajstić information content (AvgIpc) is 1.51. The first kappa shape index (κ1) is 109. The van der Waals surface area contributed by atoms with Crippen LogP contribution in [0, 0.1) is 164 Å². The van der Waals surface area contributed by atoms with E-state index in [1.165, 1.54) is 91.4 Å². The molecule has 20 bridgehead atoms. The number of halogens is 3. The molecule has 18 saturated carbocycles. The van der Waals surface area contributed by atoms with Gasteiger partial charge in [-0.1, -0.05) is 83.1 Å². The van der Waals surface area contributed by atoms with Crippen molar-refractivity contribution < 1.29 is 127 Å². The quantitative estimate of drug-likeness (QED) is 0.0552. The second-order valence-electron chi connectivity index (χ2n) is 53.5. The summed E-state index contributed by atoms with van der Waals surface area (Å²) in [5.41, 5.74) is -9.87. The van der Waals surface area contributed by atoms with Crippen LogP contribution in [0.1, 0.15) is 354 Å². The van der Waals surface area contributed by atoms with Crippen molar-refractivity contribution >= 4 is 65.7 Å². The van der Waals surface area contributed by atoms with Gasteiger partial charge in [-0.25, -0.2) is 27.6 Å². The summed E-state index contributed by atoms with van der Waals surface area (Å²) in [7, 11) is 3.10. The Morgan fingerprint density at radius 2 is 0.756 bits per heavy atom. The molecule has 0 amide bonds. The average molecular weight is 1910 g/mol. The van der Waals surface area contributed by atoms with Crippen LogP contribution in [0.25, 0.3) is 0 Å². The largest absolute Gasteiger partial charge is 0.465 e. The molecule has 11 atom stereocenters. The lowest BCUT2D eigenvalue weighted by Crippen LogP contribution is -2.57. The molecule has 0 radical (unpaired) electrons. The zero-order valence-electron chi connectivity index (χ0n) is 87.9. The Labute approximate surface area is 803 Å². The van der Waals surface area contributed by atoms with Crippen LogP contribution >= 0.6 is 0 Å². The monoisotopic (exact) mass is 1910 g/mol. The maximum absolute atomic E-state index is 14.0. The molecule has 0 aromatic rings. The Balaban J connectivity index is 0.000000156. The number of methoxy groups -OCH3 is 2. The Hall–Kier alpha value is -6.12. The fourth-order valence-corrected chi connectivity index (χ4v) is 27.4. The highest BCUT2D eigenvalue weighted by Gasteiger charge is 2.78. The smallest absolute Gasteiger partial charge is 0.351 e. The van der Waals surface area contributed by atoms with Gasteiger partial charge in [0.15, 0.2) is 25.8 Å². The molecular formula is C108H171F3O24. The molecule has 18 aliphatic carbocycles. The molecule has 2 saturated heterocycles. The number of alkyl halides is 3. The maximum Gasteiger partial charge on any atom is 0.351 e. The topological polar surface area (TPSA) is 308 Å². The summed E-state index contributed by atoms with van der Waals surface area (Å²) < 4.78 is 112. The molecule has 20 aliphatic rings. The maximum atomic E-state index is 14.0. The van der Waals surface area contributed by atoms with Gasteiger partial charge in [-0.3, -0.25) is 38.4 Å². The van der Waals surface area contributed by atoms with Crippen molar-refractivity contribution in [2.24, 2.45) is 164 Å². The van der Waals surface area contributed by atoms with Crippen LogP contribution in [0.2, 0.25) is 0 Å². The second kappa shape index (κ2) is 38.6. The van der Waals surface area contributed by atoms with Crippen LogP contribution in [-0.4, -0.2) is 162 Å². The van der Waals surface area contributed by atoms with Crippen molar-refractivity contribution in [1.29, 1.82) is 0 Å². The van der Waals surface area contributed by atoms with E-state index in [2.05, 4.69) is 13.8 Å². The van der Waals surface area contributed by atoms with Gasteiger partial charge < -0.3 is 61.6 Å². The van der Waals surface area contributed by atoms with Crippen molar-refractivity contribution in [2.75, 3.05) is 60.5 Å². The van der Waals surface area contributed by atoms with Crippen molar-refractivity contribution in [3.05, 3.63) is 0 Å². The Kier molecular flexibility index (Phi) is 31.3. The number of carbonyl (C=O) groups excluding carboxylic acids is 11. The zero-order chi connectivity index (χ0) is 101. The van der Waals surface area contributed by atoms with Gasteiger partial charge in [-0.15, -0.1) is 0 Å². The van der Waals surface area contributed by atoms with Gasteiger partial charge in [0.25, 0.3) is 5.92 Å². The van der Waals surface area contributed by atoms with Crippen molar-refractivity contribution in [3.8, 4) is 0 Å². The van der Waals surface area contributed by atoms with Crippen LogP contribution in [0.3, 0.4) is 0 Å². The summed E-state index contributed by atoms with van der Waals surface area (Å²) in [6.45, 7) is 51.2. The number of ether oxygens (including phenoxy) is 13. The molecule has 135 heavy (non-hydrogen) atoms. The zero-order valence-corrected chi connectivity index (χ0v) is 87.9. The Morgan fingerprint density at radius 1 is 0.400 bits per heavy atom. The summed E-state index contributed by atoms with van der Waals surface area (Å²) in [6.07, 6.45) is 24.1. The molecule has 20 rings (SSSR count). The minimum absolute atomic E-state index is 0.0393. The number of hydrogen-bond donors (Lipinski definition) is 0. The SMILES string of the molecule is CC(C)(C)C(=O)OCC(=O)OCC1(C)C2CC3CC(C2)CC1C3.CC(C)(C)C(=O)OCC1(C)C2CC3CC(C2)CC1C3.CC(C)(C)C(F)(F)COC(=O)C12CCC(C)(C(=O)O1)C2(C)C.CC(C)(C)C(F)COC(=O)C12CCC(C)(C(=O)O1)C2(C)C.COC(C)OC(=O)C12CC3CC(C1)C(COC(=O)C(C)(C)C)C(C3)C2.COC(C)OC(=O)C12CC3CC(CC(COC(=O)C(C)(C)C)(C3)C1)C2. The van der Waals surface area contributed by atoms with E-state index in [9.17, 15) is 65.9 Å². The molecule has 2 aliphatic heterocycles. The fraction of sp³-hybridized carbons (Fsp3) is 0.898. The summed E-state index contributed by atoms with van der Waals surface area (Å²) in [5, 5.41) is 0. The van der Waals surface area contributed by atoms with E-state index in [1.54, 1.807) is 90.4 Å². The highest BCUT2D eigenvalue weighted by molar-refractivity contribution is 5.95. The summed E-state index contributed by atoms with van der Waals surface area (Å²) in [5.74, 6) is 3.01. The molecule has 0 aromatic heterocycles. The van der Waals surface area contributed by atoms with Crippen LogP contribution in [0.15, 0.2) is 0 Å². The molecule has 24 nitrogen and oxygen atoms in total. The van der Waals surface area contributed by atoms with E-state index < -0.39 is 121 Å². The first-order chi connectivity index (χ1) is 61.8. The summed E-state index contributed by atoms with van der Waals surface area (Å²) >= 11 is 0. The molecular weight excluding hydrogens is 1740 g/mol. The normalized spacial score (nSPS) is 37.8. The standard InChI is InChI=1S/2C20H32O5.C19H30O4.C17H28O2.C16H24F2O4.C16H25FO4/c1-13(23-5)25-17(22)20-9-14-6-15(10-20)8-19(7-14,11-20)12-24-16(21)18(2,3)4;1-12(23-5)25-18(22)20-8-13-6-14(9-20)16(15(7-13)10-20)11-24-17(21)19(2,3)4;1-18(2,3)17(21)22-10-16(20)23-11-19(4)14-6-12-5-13(8-14)9-15(19)7-12;1-16(2,3)15(18)19-10-17(4)13-6-11-5-12(8-13)9-14(17)7-11;1-12(2,3)16(17,18)9-21-11(20)15-8-7-14(6,10(19)22-15)13(15,4)5;1-13(2,3)10(17)9-20-12(19)16-8-7-15(6,11(18)21-16)14(16,4)5/h13-15H,6-12H2,1-5H3;12-16H,6-11H2,1-5H3;12-15H,5-11H2,1-4H3;11-14H,5-10H2,1-4H3;7-9H2,1-6H3;10H,7-9H2,1-6H3. The van der Waals surface area contributed by atoms with Gasteiger partial charge >= 0.3 is 65.7 Å². The minimum atomic E-state index is -3.16. The number of rotatable bonds is 22. The van der Waals surface area contributed by atoms with Gasteiger partial charge in [0.2, 0.25) is 11.2 Å². The number of carbonyl (C=O) groups is 11. The first-order valence-corrected chi connectivity index (χ1v) is 50.9. The predicted molar refractivity (Wildman–Crippen MR) is 498 cm³/mol. The van der Waals surface area contributed by atoms with Crippen LogP contribution in [-0.2, 0) is 114 Å². The highest BCUT2D eigenvalue weighted by atomic mass is 19.3. The summed E-state index contributed by atoms with van der Waals surface area (Å²) in [4.78, 5) is 135. The minimum Gasteiger partial charge on any atom is -0.465 e. The second-order valence-corrected chi connectivity index (χ2v) is 53.5. The summed E-state index contributed by atoms with van der Waals surface area (Å²) in [6, 6.07) is 0. The first-order valence-electron chi connectivity index (χ1n) is 50.9. The lowest BCUT2D eigenvalue weighted by atomic mass is 9.44. The lowest BCUT2D eigenvalue weighted by molar-refractivity contribution is -0.207. The number of esters is 11. The predicted octanol–water partition coefficient (Wildman–Crippen LogP) is 21.2. The third-order valence-corrected chi connectivity index (χ3v) is 37.1. The molecule has 768 valence electrons. The molecule has 0 spiro atoms. The van der Waals surface area contributed by atoms with Crippen molar-refractivity contribution in [1.82, 2.24) is 0 Å². The lowest BCUT2D eigenvalue weighted by Gasteiger charge is -2.60. The van der Waals surface area contributed by atoms with Crippen LogP contribution in [0.5, 0.6) is 0 Å². The van der Waals surface area contributed by atoms with Gasteiger partial charge in [-0.2, -0.15) is 0 Å². The molecule has 2 heterocycles. The van der Waals surface area contributed by atoms with E-state index in [4.69, 9.17) is 61.6 Å². The van der Waals surface area contributed by atoms with E-state index in [0.29, 0.717) is 99.5 Å². The molecule has 27 heteroatoms.